The van der Waals surface area contributed by atoms with Crippen LogP contribution in [-0.2, 0) is 28.6 Å². The molecule has 0 fully saturated rings. The normalized spacial score (nSPS) is 12.9. The van der Waals surface area contributed by atoms with Crippen LogP contribution in [0.5, 0.6) is 0 Å². The minimum absolute atomic E-state index is 0.0962. The van der Waals surface area contributed by atoms with Crippen molar-refractivity contribution in [3.63, 3.8) is 0 Å². The Morgan fingerprint density at radius 1 is 0.280 bits per heavy atom. The first-order valence-corrected chi connectivity index (χ1v) is 31.0. The Morgan fingerprint density at radius 3 is 0.813 bits per heavy atom. The molecule has 0 aromatic rings. The van der Waals surface area contributed by atoms with Gasteiger partial charge in [0.25, 0.3) is 0 Å². The van der Waals surface area contributed by atoms with Gasteiger partial charge in [0.2, 0.25) is 0 Å². The molecule has 0 saturated heterocycles. The molecule has 0 radical (unpaired) electrons. The second-order valence-electron chi connectivity index (χ2n) is 20.2. The first kappa shape index (κ1) is 70.8. The van der Waals surface area contributed by atoms with Crippen LogP contribution in [0.1, 0.15) is 278 Å². The number of unbranched alkanes of at least 4 members (excludes halogenated alkanes) is 24. The lowest BCUT2D eigenvalue weighted by molar-refractivity contribution is -0.167. The zero-order chi connectivity index (χ0) is 54.3. The van der Waals surface area contributed by atoms with Crippen LogP contribution in [0.4, 0.5) is 0 Å². The van der Waals surface area contributed by atoms with Gasteiger partial charge in [-0.05, 0) is 128 Å². The standard InChI is InChI=1S/C69H114O6/c1-4-7-10-13-16-19-22-25-28-31-33-34-36-38-41-44-47-50-53-56-59-62-68(71)74-65-66(64-73-67(70)61-58-55-52-49-46-43-40-37-30-27-24-21-18-15-12-9-6-3)75-69(72)63-60-57-54-51-48-45-42-39-35-32-29-26-23-20-17-14-11-8-5-2/h8-9,11-12,17-18,20-22,25-27,29-31,33,35-36,38-39,66H,4-7,10,13-16,19,23-24,28,32,34,37,40-65H2,1-3H3/b11-8-,12-9-,20-17-,21-18-,25-22-,29-26-,30-27-,33-31-,38-36-,39-35-. The van der Waals surface area contributed by atoms with Gasteiger partial charge < -0.3 is 14.2 Å². The predicted molar refractivity (Wildman–Crippen MR) is 325 cm³/mol. The van der Waals surface area contributed by atoms with Gasteiger partial charge in [-0.1, -0.05) is 251 Å². The average molecular weight is 1040 g/mol. The van der Waals surface area contributed by atoms with Crippen LogP contribution in [-0.4, -0.2) is 37.2 Å². The minimum atomic E-state index is -0.801. The molecule has 75 heavy (non-hydrogen) atoms. The average Bonchev–Trinajstić information content (AvgIpc) is 3.41. The van der Waals surface area contributed by atoms with Crippen LogP contribution in [0, 0.1) is 0 Å². The number of esters is 3. The van der Waals surface area contributed by atoms with E-state index >= 15 is 0 Å². The summed E-state index contributed by atoms with van der Waals surface area (Å²) in [6.45, 7) is 6.39. The van der Waals surface area contributed by atoms with Gasteiger partial charge in [-0.25, -0.2) is 0 Å². The lowest BCUT2D eigenvalue weighted by atomic mass is 10.1. The number of allylic oxidation sites excluding steroid dienone is 20. The molecule has 0 aliphatic carbocycles. The van der Waals surface area contributed by atoms with Gasteiger partial charge >= 0.3 is 17.9 Å². The summed E-state index contributed by atoms with van der Waals surface area (Å²) >= 11 is 0. The van der Waals surface area contributed by atoms with E-state index in [1.165, 1.54) is 96.3 Å². The number of carbonyl (C=O) groups is 3. The van der Waals surface area contributed by atoms with Gasteiger partial charge in [-0.3, -0.25) is 14.4 Å². The number of carbonyl (C=O) groups excluding carboxylic acids is 3. The molecular formula is C69H114O6. The summed E-state index contributed by atoms with van der Waals surface area (Å²) in [6.07, 6.45) is 86.2. The maximum Gasteiger partial charge on any atom is 0.306 e. The predicted octanol–water partition coefficient (Wildman–Crippen LogP) is 21.2. The van der Waals surface area contributed by atoms with Crippen molar-refractivity contribution in [2.45, 2.75) is 284 Å². The highest BCUT2D eigenvalue weighted by Crippen LogP contribution is 2.15. The van der Waals surface area contributed by atoms with E-state index in [9.17, 15) is 14.4 Å². The largest absolute Gasteiger partial charge is 0.462 e. The molecule has 0 aliphatic heterocycles. The summed E-state index contributed by atoms with van der Waals surface area (Å²) in [7, 11) is 0. The Balaban J connectivity index is 4.47. The highest BCUT2D eigenvalue weighted by atomic mass is 16.6. The molecule has 0 rings (SSSR count). The lowest BCUT2D eigenvalue weighted by Gasteiger charge is -2.18. The Labute approximate surface area is 462 Å². The molecule has 0 spiro atoms. The third kappa shape index (κ3) is 60.6. The van der Waals surface area contributed by atoms with Crippen molar-refractivity contribution in [1.82, 2.24) is 0 Å². The molecule has 0 saturated carbocycles. The second-order valence-corrected chi connectivity index (χ2v) is 20.2. The highest BCUT2D eigenvalue weighted by molar-refractivity contribution is 5.71. The topological polar surface area (TPSA) is 78.9 Å². The van der Waals surface area contributed by atoms with Crippen molar-refractivity contribution in [3.05, 3.63) is 122 Å². The zero-order valence-corrected chi connectivity index (χ0v) is 48.8. The third-order valence-electron chi connectivity index (χ3n) is 12.9. The van der Waals surface area contributed by atoms with Crippen LogP contribution >= 0.6 is 0 Å². The second kappa shape index (κ2) is 62.4. The third-order valence-corrected chi connectivity index (χ3v) is 12.9. The Morgan fingerprint density at radius 2 is 0.520 bits per heavy atom. The zero-order valence-electron chi connectivity index (χ0n) is 48.8. The van der Waals surface area contributed by atoms with Crippen molar-refractivity contribution >= 4 is 17.9 Å². The van der Waals surface area contributed by atoms with E-state index in [1.54, 1.807) is 0 Å². The van der Waals surface area contributed by atoms with Crippen molar-refractivity contribution in [3.8, 4) is 0 Å². The Bertz CT molecular complexity index is 1570. The van der Waals surface area contributed by atoms with Crippen molar-refractivity contribution in [2.24, 2.45) is 0 Å². The molecule has 0 amide bonds. The van der Waals surface area contributed by atoms with E-state index in [0.717, 1.165) is 141 Å². The highest BCUT2D eigenvalue weighted by Gasteiger charge is 2.19. The van der Waals surface area contributed by atoms with E-state index in [-0.39, 0.29) is 31.1 Å². The van der Waals surface area contributed by atoms with Crippen molar-refractivity contribution in [1.29, 1.82) is 0 Å². The summed E-state index contributed by atoms with van der Waals surface area (Å²) in [6, 6.07) is 0. The van der Waals surface area contributed by atoms with Gasteiger partial charge in [0.1, 0.15) is 13.2 Å². The Kier molecular flexibility index (Phi) is 58.9. The van der Waals surface area contributed by atoms with E-state index in [0.29, 0.717) is 19.3 Å². The molecule has 0 aromatic heterocycles. The molecule has 6 heteroatoms. The maximum absolute atomic E-state index is 12.9. The molecular weight excluding hydrogens is 925 g/mol. The van der Waals surface area contributed by atoms with Crippen molar-refractivity contribution in [2.75, 3.05) is 13.2 Å². The molecule has 1 unspecified atom stereocenters. The molecule has 426 valence electrons. The molecule has 0 aromatic carbocycles. The fraction of sp³-hybridized carbons (Fsp3) is 0.667. The summed E-state index contributed by atoms with van der Waals surface area (Å²) in [5.41, 5.74) is 0. The van der Waals surface area contributed by atoms with Crippen LogP contribution in [0.25, 0.3) is 0 Å². The van der Waals surface area contributed by atoms with Crippen molar-refractivity contribution < 1.29 is 28.6 Å². The van der Waals surface area contributed by atoms with Crippen LogP contribution in [0.15, 0.2) is 122 Å². The quantitative estimate of drug-likeness (QED) is 0.0261. The molecule has 0 heterocycles. The Hall–Kier alpha value is -4.19. The fourth-order valence-electron chi connectivity index (χ4n) is 8.34. The minimum Gasteiger partial charge on any atom is -0.462 e. The summed E-state index contributed by atoms with van der Waals surface area (Å²) in [5.74, 6) is -0.929. The molecule has 1 atom stereocenters. The maximum atomic E-state index is 12.9. The summed E-state index contributed by atoms with van der Waals surface area (Å²) in [5, 5.41) is 0. The van der Waals surface area contributed by atoms with E-state index in [2.05, 4.69) is 142 Å². The fourth-order valence-corrected chi connectivity index (χ4v) is 8.34. The van der Waals surface area contributed by atoms with E-state index in [4.69, 9.17) is 14.2 Å². The van der Waals surface area contributed by atoms with Gasteiger partial charge in [-0.15, -0.1) is 0 Å². The van der Waals surface area contributed by atoms with E-state index in [1.807, 2.05) is 0 Å². The first-order valence-electron chi connectivity index (χ1n) is 31.0. The van der Waals surface area contributed by atoms with Gasteiger partial charge in [0.15, 0.2) is 6.10 Å². The first-order chi connectivity index (χ1) is 37.0. The van der Waals surface area contributed by atoms with Crippen LogP contribution in [0.2, 0.25) is 0 Å². The summed E-state index contributed by atoms with van der Waals surface area (Å²) < 4.78 is 16.9. The van der Waals surface area contributed by atoms with E-state index < -0.39 is 6.10 Å². The summed E-state index contributed by atoms with van der Waals surface area (Å²) in [4.78, 5) is 38.3. The van der Waals surface area contributed by atoms with Gasteiger partial charge in [-0.2, -0.15) is 0 Å². The lowest BCUT2D eigenvalue weighted by Crippen LogP contribution is -2.30. The van der Waals surface area contributed by atoms with Crippen LogP contribution < -0.4 is 0 Å². The number of hydrogen-bond donors (Lipinski definition) is 0. The molecule has 0 aliphatic rings. The smallest absolute Gasteiger partial charge is 0.306 e. The number of rotatable bonds is 55. The SMILES string of the molecule is CC/C=C\C/C=C\C/C=C\C/C=C\CCCCCCCCC(=O)OC(COC(=O)CCCCCCCC/C=C\C/C=C\C/C=C\CCCCCCC)COC(=O)CCCCCCCCC/C=C\C/C=C\C/C=C\CC. The van der Waals surface area contributed by atoms with Gasteiger partial charge in [0.05, 0.1) is 0 Å². The molecule has 0 bridgehead atoms. The number of ether oxygens (including phenoxy) is 3. The van der Waals surface area contributed by atoms with Crippen LogP contribution in [0.3, 0.4) is 0 Å². The number of hydrogen-bond acceptors (Lipinski definition) is 6. The molecule has 0 N–H and O–H groups in total. The monoisotopic (exact) mass is 1040 g/mol. The molecule has 6 nitrogen and oxygen atoms in total. The van der Waals surface area contributed by atoms with Gasteiger partial charge in [0, 0.05) is 19.3 Å².